The first kappa shape index (κ1) is 22.9. The second-order valence-corrected chi connectivity index (χ2v) is 8.85. The van der Waals surface area contributed by atoms with Gasteiger partial charge in [0, 0.05) is 17.8 Å². The molecule has 0 amide bonds. The van der Waals surface area contributed by atoms with E-state index in [0.717, 1.165) is 41.8 Å². The lowest BCUT2D eigenvalue weighted by atomic mass is 9.94. The highest BCUT2D eigenvalue weighted by Crippen LogP contribution is 2.37. The lowest BCUT2D eigenvalue weighted by Crippen LogP contribution is -2.46. The SMILES string of the molecule is CC1=C(c2nc(-c3ccccc3)no2)C(c2cccc(F)c2)NC(=S)N1CCCc1ccccc1. The monoisotopic (exact) mass is 484 g/mol. The molecule has 4 aromatic rings. The zero-order valence-corrected chi connectivity index (χ0v) is 20.1. The maximum absolute atomic E-state index is 14.1. The van der Waals surface area contributed by atoms with E-state index in [1.807, 2.05) is 49.4 Å². The molecule has 5 rings (SSSR count). The first-order chi connectivity index (χ1) is 17.1. The van der Waals surface area contributed by atoms with E-state index in [4.69, 9.17) is 21.7 Å². The number of halogens is 1. The van der Waals surface area contributed by atoms with Crippen LogP contribution in [0.3, 0.4) is 0 Å². The molecule has 1 aliphatic rings. The van der Waals surface area contributed by atoms with Crippen molar-refractivity contribution in [3.63, 3.8) is 0 Å². The van der Waals surface area contributed by atoms with Gasteiger partial charge in [-0.25, -0.2) is 4.39 Å². The third-order valence-electron chi connectivity index (χ3n) is 6.16. The van der Waals surface area contributed by atoms with E-state index < -0.39 is 6.04 Å². The van der Waals surface area contributed by atoms with Crippen LogP contribution in [0.2, 0.25) is 0 Å². The second-order valence-electron chi connectivity index (χ2n) is 8.47. The molecule has 176 valence electrons. The highest BCUT2D eigenvalue weighted by Gasteiger charge is 2.34. The standard InChI is InChI=1S/C28H25FN4OS/c1-19-24(27-31-26(32-34-27)21-13-6-3-7-14-21)25(22-15-8-16-23(29)18-22)30-28(35)33(19)17-9-12-20-10-4-2-5-11-20/h2-8,10-11,13-16,18,25H,9,12,17H2,1H3,(H,30,35). The minimum atomic E-state index is -0.410. The van der Waals surface area contributed by atoms with Crippen LogP contribution in [0.25, 0.3) is 17.0 Å². The highest BCUT2D eigenvalue weighted by molar-refractivity contribution is 7.80. The zero-order chi connectivity index (χ0) is 24.2. The molecule has 1 aliphatic heterocycles. The fourth-order valence-corrected chi connectivity index (χ4v) is 4.73. The van der Waals surface area contributed by atoms with Crippen molar-refractivity contribution in [2.45, 2.75) is 25.8 Å². The van der Waals surface area contributed by atoms with Gasteiger partial charge in [0.2, 0.25) is 5.82 Å². The maximum Gasteiger partial charge on any atom is 0.258 e. The number of nitrogens with one attached hydrogen (secondary N) is 1. The van der Waals surface area contributed by atoms with Crippen molar-refractivity contribution in [1.29, 1.82) is 0 Å². The molecule has 1 unspecified atom stereocenters. The number of aryl methyl sites for hydroxylation is 1. The van der Waals surface area contributed by atoms with Gasteiger partial charge in [0.15, 0.2) is 5.11 Å². The Morgan fingerprint density at radius 1 is 1.00 bits per heavy atom. The average molecular weight is 485 g/mol. The first-order valence-electron chi connectivity index (χ1n) is 11.6. The number of hydrogen-bond acceptors (Lipinski definition) is 4. The topological polar surface area (TPSA) is 54.2 Å². The Morgan fingerprint density at radius 2 is 1.74 bits per heavy atom. The van der Waals surface area contributed by atoms with Crippen molar-refractivity contribution in [1.82, 2.24) is 20.4 Å². The molecule has 0 radical (unpaired) electrons. The molecule has 0 bridgehead atoms. The molecule has 2 heterocycles. The second kappa shape index (κ2) is 10.2. The van der Waals surface area contributed by atoms with E-state index >= 15 is 0 Å². The quantitative estimate of drug-likeness (QED) is 0.317. The van der Waals surface area contributed by atoms with Crippen LogP contribution in [0.5, 0.6) is 0 Å². The number of nitrogens with zero attached hydrogens (tertiary/aromatic N) is 3. The van der Waals surface area contributed by atoms with Gasteiger partial charge in [-0.05, 0) is 55.2 Å². The molecule has 5 nitrogen and oxygen atoms in total. The molecular formula is C28H25FN4OS. The third kappa shape index (κ3) is 5.00. The Labute approximate surface area is 209 Å². The van der Waals surface area contributed by atoms with E-state index in [1.54, 1.807) is 6.07 Å². The molecule has 1 atom stereocenters. The Kier molecular flexibility index (Phi) is 6.68. The van der Waals surface area contributed by atoms with Gasteiger partial charge in [-0.2, -0.15) is 4.98 Å². The molecule has 1 N–H and O–H groups in total. The number of benzene rings is 3. The molecule has 7 heteroatoms. The summed E-state index contributed by atoms with van der Waals surface area (Å²) >= 11 is 5.75. The van der Waals surface area contributed by atoms with E-state index in [-0.39, 0.29) is 5.82 Å². The minimum absolute atomic E-state index is 0.312. The summed E-state index contributed by atoms with van der Waals surface area (Å²) in [4.78, 5) is 6.77. The van der Waals surface area contributed by atoms with Gasteiger partial charge in [0.1, 0.15) is 5.82 Å². The Morgan fingerprint density at radius 3 is 2.49 bits per heavy atom. The summed E-state index contributed by atoms with van der Waals surface area (Å²) in [6.07, 6.45) is 1.86. The summed E-state index contributed by atoms with van der Waals surface area (Å²) in [6.45, 7) is 2.73. The van der Waals surface area contributed by atoms with Crippen LogP contribution in [0.1, 0.15) is 36.4 Å². The number of rotatable bonds is 7. The predicted octanol–water partition coefficient (Wildman–Crippen LogP) is 6.17. The summed E-state index contributed by atoms with van der Waals surface area (Å²) in [5.41, 5.74) is 4.59. The fourth-order valence-electron chi connectivity index (χ4n) is 4.39. The van der Waals surface area contributed by atoms with Crippen LogP contribution in [-0.2, 0) is 6.42 Å². The molecule has 0 saturated heterocycles. The van der Waals surface area contributed by atoms with Crippen LogP contribution < -0.4 is 5.32 Å². The molecule has 1 aromatic heterocycles. The van der Waals surface area contributed by atoms with E-state index in [2.05, 4.69) is 39.6 Å². The van der Waals surface area contributed by atoms with Crippen molar-refractivity contribution in [3.8, 4) is 11.4 Å². The maximum atomic E-state index is 14.1. The normalized spacial score (nSPS) is 15.9. The first-order valence-corrected chi connectivity index (χ1v) is 12.0. The molecule has 0 saturated carbocycles. The molecular weight excluding hydrogens is 459 g/mol. The van der Waals surface area contributed by atoms with Gasteiger partial charge >= 0.3 is 0 Å². The predicted molar refractivity (Wildman–Crippen MR) is 139 cm³/mol. The Bertz CT molecular complexity index is 1350. The minimum Gasteiger partial charge on any atom is -0.351 e. The average Bonchev–Trinajstić information content (AvgIpc) is 3.37. The number of allylic oxidation sites excluding steroid dienone is 1. The highest BCUT2D eigenvalue weighted by atomic mass is 32.1. The summed E-state index contributed by atoms with van der Waals surface area (Å²) in [7, 11) is 0. The van der Waals surface area contributed by atoms with Gasteiger partial charge in [-0.3, -0.25) is 0 Å². The molecule has 35 heavy (non-hydrogen) atoms. The van der Waals surface area contributed by atoms with Crippen molar-refractivity contribution in [2.75, 3.05) is 6.54 Å². The summed E-state index contributed by atoms with van der Waals surface area (Å²) < 4.78 is 19.9. The summed E-state index contributed by atoms with van der Waals surface area (Å²) in [6, 6.07) is 26.1. The molecule has 3 aromatic carbocycles. The smallest absolute Gasteiger partial charge is 0.258 e. The van der Waals surface area contributed by atoms with Gasteiger partial charge in [-0.1, -0.05) is 78.0 Å². The van der Waals surface area contributed by atoms with E-state index in [0.29, 0.717) is 16.8 Å². The molecule has 0 aliphatic carbocycles. The van der Waals surface area contributed by atoms with Crippen molar-refractivity contribution >= 4 is 22.9 Å². The van der Waals surface area contributed by atoms with E-state index in [9.17, 15) is 4.39 Å². The van der Waals surface area contributed by atoms with Crippen molar-refractivity contribution in [2.24, 2.45) is 0 Å². The number of hydrogen-bond donors (Lipinski definition) is 1. The number of aromatic nitrogens is 2. The van der Waals surface area contributed by atoms with Gasteiger partial charge < -0.3 is 14.7 Å². The van der Waals surface area contributed by atoms with Gasteiger partial charge in [-0.15, -0.1) is 0 Å². The number of thiocarbonyl (C=S) groups is 1. The summed E-state index contributed by atoms with van der Waals surface area (Å²) in [5, 5.41) is 8.20. The van der Waals surface area contributed by atoms with Crippen LogP contribution in [0.4, 0.5) is 4.39 Å². The lowest BCUT2D eigenvalue weighted by molar-refractivity contribution is 0.395. The lowest BCUT2D eigenvalue weighted by Gasteiger charge is -2.37. The Hall–Kier alpha value is -3.84. The van der Waals surface area contributed by atoms with Crippen molar-refractivity contribution in [3.05, 3.63) is 113 Å². The van der Waals surface area contributed by atoms with E-state index in [1.165, 1.54) is 17.7 Å². The summed E-state index contributed by atoms with van der Waals surface area (Å²) in [5.74, 6) is 0.578. The van der Waals surface area contributed by atoms with Crippen LogP contribution in [0.15, 0.2) is 95.1 Å². The van der Waals surface area contributed by atoms with Crippen LogP contribution in [-0.4, -0.2) is 26.7 Å². The fraction of sp³-hybridized carbons (Fsp3) is 0.179. The molecule has 0 fully saturated rings. The van der Waals surface area contributed by atoms with Crippen molar-refractivity contribution < 1.29 is 8.91 Å². The van der Waals surface area contributed by atoms with Gasteiger partial charge in [0.05, 0.1) is 11.6 Å². The van der Waals surface area contributed by atoms with Crippen LogP contribution in [0, 0.1) is 5.82 Å². The van der Waals surface area contributed by atoms with Crippen LogP contribution >= 0.6 is 12.2 Å². The molecule has 0 spiro atoms. The third-order valence-corrected chi connectivity index (χ3v) is 6.49. The van der Waals surface area contributed by atoms with Gasteiger partial charge in [0.25, 0.3) is 5.89 Å². The Balaban J connectivity index is 1.50. The zero-order valence-electron chi connectivity index (χ0n) is 19.3. The largest absolute Gasteiger partial charge is 0.351 e.